The third-order valence-electron chi connectivity index (χ3n) is 3.23. The Kier molecular flexibility index (Phi) is 4.78. The number of hydroxylamine groups is 1. The van der Waals surface area contributed by atoms with Crippen molar-refractivity contribution in [2.45, 2.75) is 17.7 Å². The maximum absolute atomic E-state index is 13.9. The predicted molar refractivity (Wildman–Crippen MR) is 73.4 cm³/mol. The molecule has 1 saturated carbocycles. The first-order chi connectivity index (χ1) is 10.2. The molecule has 1 aromatic rings. The molecule has 1 N–H and O–H groups in total. The highest BCUT2D eigenvalue weighted by Crippen LogP contribution is 2.28. The standard InChI is InChI=1S/C13H16F2N2O4S/c1-17(2)22(19,20)10-6-5-9(11(14)12(10)15)13(18)16-21-7-8-3-4-8/h5-6,8H,3-4,7H2,1-2H3,(H,16,18). The number of nitrogens with zero attached hydrogens (tertiary/aromatic N) is 1. The first kappa shape index (κ1) is 16.8. The highest BCUT2D eigenvalue weighted by Gasteiger charge is 2.28. The summed E-state index contributed by atoms with van der Waals surface area (Å²) in [4.78, 5) is 15.8. The molecule has 2 rings (SSSR count). The van der Waals surface area contributed by atoms with Crippen molar-refractivity contribution in [2.24, 2.45) is 5.92 Å². The van der Waals surface area contributed by atoms with Crippen LogP contribution in [0.4, 0.5) is 8.78 Å². The largest absolute Gasteiger partial charge is 0.277 e. The summed E-state index contributed by atoms with van der Waals surface area (Å²) in [5.41, 5.74) is 1.39. The molecule has 0 spiro atoms. The Bertz CT molecular complexity index is 688. The average molecular weight is 334 g/mol. The van der Waals surface area contributed by atoms with Crippen molar-refractivity contribution in [2.75, 3.05) is 20.7 Å². The van der Waals surface area contributed by atoms with Gasteiger partial charge < -0.3 is 0 Å². The van der Waals surface area contributed by atoms with Crippen LogP contribution in [0, 0.1) is 17.6 Å². The van der Waals surface area contributed by atoms with Crippen molar-refractivity contribution >= 4 is 15.9 Å². The van der Waals surface area contributed by atoms with Crippen LogP contribution in [0.15, 0.2) is 17.0 Å². The number of amides is 1. The molecule has 0 bridgehead atoms. The Morgan fingerprint density at radius 2 is 1.95 bits per heavy atom. The third kappa shape index (κ3) is 3.42. The molecule has 0 aromatic heterocycles. The molecule has 0 radical (unpaired) electrons. The van der Waals surface area contributed by atoms with Crippen LogP contribution in [0.25, 0.3) is 0 Å². The quantitative estimate of drug-likeness (QED) is 0.796. The molecule has 0 atom stereocenters. The number of halogens is 2. The Morgan fingerprint density at radius 3 is 2.50 bits per heavy atom. The number of nitrogens with one attached hydrogen (secondary N) is 1. The van der Waals surface area contributed by atoms with Crippen molar-refractivity contribution in [1.82, 2.24) is 9.79 Å². The van der Waals surface area contributed by atoms with Gasteiger partial charge in [-0.05, 0) is 30.9 Å². The Labute approximate surface area is 127 Å². The predicted octanol–water partition coefficient (Wildman–Crippen LogP) is 1.29. The average Bonchev–Trinajstić information content (AvgIpc) is 3.25. The van der Waals surface area contributed by atoms with Gasteiger partial charge in [0.1, 0.15) is 4.90 Å². The van der Waals surface area contributed by atoms with Gasteiger partial charge in [0.15, 0.2) is 11.6 Å². The topological polar surface area (TPSA) is 75.7 Å². The van der Waals surface area contributed by atoms with E-state index >= 15 is 0 Å². The lowest BCUT2D eigenvalue weighted by Crippen LogP contribution is -2.27. The fraction of sp³-hybridized carbons (Fsp3) is 0.462. The molecular weight excluding hydrogens is 318 g/mol. The molecule has 0 aliphatic heterocycles. The van der Waals surface area contributed by atoms with Crippen molar-refractivity contribution in [3.8, 4) is 0 Å². The van der Waals surface area contributed by atoms with Crippen molar-refractivity contribution < 1.29 is 26.8 Å². The zero-order chi connectivity index (χ0) is 16.5. The summed E-state index contributed by atoms with van der Waals surface area (Å²) >= 11 is 0. The second-order valence-electron chi connectivity index (χ2n) is 5.21. The van der Waals surface area contributed by atoms with Crippen LogP contribution in [-0.4, -0.2) is 39.3 Å². The normalized spacial score (nSPS) is 15.1. The lowest BCUT2D eigenvalue weighted by atomic mass is 10.2. The summed E-state index contributed by atoms with van der Waals surface area (Å²) in [6.45, 7) is 0.308. The number of sulfonamides is 1. The van der Waals surface area contributed by atoms with Crippen LogP contribution < -0.4 is 5.48 Å². The van der Waals surface area contributed by atoms with Crippen LogP contribution in [0.3, 0.4) is 0 Å². The Balaban J connectivity index is 2.20. The van der Waals surface area contributed by atoms with E-state index in [2.05, 4.69) is 0 Å². The minimum absolute atomic E-state index is 0.308. The van der Waals surface area contributed by atoms with Crippen molar-refractivity contribution in [3.63, 3.8) is 0 Å². The van der Waals surface area contributed by atoms with E-state index in [0.29, 0.717) is 12.5 Å². The summed E-state index contributed by atoms with van der Waals surface area (Å²) in [6, 6.07) is 1.76. The first-order valence-electron chi connectivity index (χ1n) is 6.57. The first-order valence-corrected chi connectivity index (χ1v) is 8.01. The third-order valence-corrected chi connectivity index (χ3v) is 5.06. The zero-order valence-electron chi connectivity index (χ0n) is 12.1. The number of hydrogen-bond acceptors (Lipinski definition) is 4. The number of benzene rings is 1. The molecule has 1 fully saturated rings. The molecule has 1 aliphatic carbocycles. The van der Waals surface area contributed by atoms with Crippen molar-refractivity contribution in [3.05, 3.63) is 29.3 Å². The van der Waals surface area contributed by atoms with Gasteiger partial charge in [-0.2, -0.15) is 0 Å². The van der Waals surface area contributed by atoms with E-state index in [-0.39, 0.29) is 0 Å². The van der Waals surface area contributed by atoms with Gasteiger partial charge in [-0.1, -0.05) is 0 Å². The van der Waals surface area contributed by atoms with Gasteiger partial charge in [-0.3, -0.25) is 9.63 Å². The molecule has 1 aromatic carbocycles. The van der Waals surface area contributed by atoms with Gasteiger partial charge in [0, 0.05) is 14.1 Å². The fourth-order valence-electron chi connectivity index (χ4n) is 1.67. The molecule has 9 heteroatoms. The van der Waals surface area contributed by atoms with Gasteiger partial charge in [0.2, 0.25) is 10.0 Å². The fourth-order valence-corrected chi connectivity index (χ4v) is 2.62. The SMILES string of the molecule is CN(C)S(=O)(=O)c1ccc(C(=O)NOCC2CC2)c(F)c1F. The summed E-state index contributed by atoms with van der Waals surface area (Å²) in [6.07, 6.45) is 2.02. The second kappa shape index (κ2) is 6.27. The monoisotopic (exact) mass is 334 g/mol. The van der Waals surface area contributed by atoms with Gasteiger partial charge in [0.05, 0.1) is 12.2 Å². The summed E-state index contributed by atoms with van der Waals surface area (Å²) in [7, 11) is -1.75. The van der Waals surface area contributed by atoms with E-state index in [4.69, 9.17) is 4.84 Å². The van der Waals surface area contributed by atoms with Crippen LogP contribution in [0.2, 0.25) is 0 Å². The minimum atomic E-state index is -4.14. The molecule has 6 nitrogen and oxygen atoms in total. The number of hydrogen-bond donors (Lipinski definition) is 1. The van der Waals surface area contributed by atoms with E-state index in [1.165, 1.54) is 14.1 Å². The molecule has 122 valence electrons. The van der Waals surface area contributed by atoms with Crippen LogP contribution >= 0.6 is 0 Å². The van der Waals surface area contributed by atoms with Crippen LogP contribution in [-0.2, 0) is 14.9 Å². The van der Waals surface area contributed by atoms with Gasteiger partial charge in [0.25, 0.3) is 5.91 Å². The molecule has 0 heterocycles. The molecule has 22 heavy (non-hydrogen) atoms. The summed E-state index contributed by atoms with van der Waals surface area (Å²) < 4.78 is 52.3. The van der Waals surface area contributed by atoms with E-state index in [1.807, 2.05) is 5.48 Å². The van der Waals surface area contributed by atoms with E-state index < -0.39 is 38.0 Å². The summed E-state index contributed by atoms with van der Waals surface area (Å²) in [5, 5.41) is 0. The van der Waals surface area contributed by atoms with Gasteiger partial charge in [-0.25, -0.2) is 27.0 Å². The summed E-state index contributed by atoms with van der Waals surface area (Å²) in [5.74, 6) is -3.71. The smallest absolute Gasteiger partial charge is 0.273 e. The lowest BCUT2D eigenvalue weighted by molar-refractivity contribution is 0.0266. The molecule has 0 saturated heterocycles. The molecule has 0 unspecified atom stereocenters. The minimum Gasteiger partial charge on any atom is -0.273 e. The highest BCUT2D eigenvalue weighted by atomic mass is 32.2. The Morgan fingerprint density at radius 1 is 1.32 bits per heavy atom. The van der Waals surface area contributed by atoms with E-state index in [9.17, 15) is 22.0 Å². The molecular formula is C13H16F2N2O4S. The molecule has 1 amide bonds. The van der Waals surface area contributed by atoms with Crippen LogP contribution in [0.1, 0.15) is 23.2 Å². The van der Waals surface area contributed by atoms with E-state index in [0.717, 1.165) is 29.3 Å². The van der Waals surface area contributed by atoms with Crippen molar-refractivity contribution in [1.29, 1.82) is 0 Å². The van der Waals surface area contributed by atoms with E-state index in [1.54, 1.807) is 0 Å². The zero-order valence-corrected chi connectivity index (χ0v) is 12.9. The number of carbonyl (C=O) groups excluding carboxylic acids is 1. The van der Waals surface area contributed by atoms with Gasteiger partial charge in [-0.15, -0.1) is 0 Å². The highest BCUT2D eigenvalue weighted by molar-refractivity contribution is 7.89. The Hall–Kier alpha value is -1.58. The second-order valence-corrected chi connectivity index (χ2v) is 7.33. The van der Waals surface area contributed by atoms with Gasteiger partial charge >= 0.3 is 0 Å². The lowest BCUT2D eigenvalue weighted by Gasteiger charge is -2.13. The number of carbonyl (C=O) groups is 1. The maximum Gasteiger partial charge on any atom is 0.277 e. The number of rotatable bonds is 6. The maximum atomic E-state index is 13.9. The van der Waals surface area contributed by atoms with Crippen LogP contribution in [0.5, 0.6) is 0 Å². The molecule has 1 aliphatic rings.